The second-order valence-corrected chi connectivity index (χ2v) is 9.44. The van der Waals surface area contributed by atoms with Gasteiger partial charge in [-0.2, -0.15) is 11.8 Å². The molecular formula is C17H16Cl3NO4S2. The largest absolute Gasteiger partial charge is 0.465 e. The van der Waals surface area contributed by atoms with Crippen molar-refractivity contribution in [2.45, 2.75) is 10.6 Å². The summed E-state index contributed by atoms with van der Waals surface area (Å²) >= 11 is 19.4. The number of hydrogen-bond acceptors (Lipinski definition) is 5. The van der Waals surface area contributed by atoms with Gasteiger partial charge in [-0.3, -0.25) is 0 Å². The third-order valence-corrected chi connectivity index (χ3v) is 6.85. The van der Waals surface area contributed by atoms with Crippen molar-refractivity contribution in [3.8, 4) is 0 Å². The van der Waals surface area contributed by atoms with E-state index in [1.807, 2.05) is 6.07 Å². The average Bonchev–Trinajstić information content (AvgIpc) is 2.62. The van der Waals surface area contributed by atoms with Crippen molar-refractivity contribution in [3.05, 3.63) is 62.6 Å². The Kier molecular flexibility index (Phi) is 8.27. The lowest BCUT2D eigenvalue weighted by Crippen LogP contribution is -2.26. The van der Waals surface area contributed by atoms with E-state index in [9.17, 15) is 13.2 Å². The lowest BCUT2D eigenvalue weighted by molar-refractivity contribution is 0.0600. The van der Waals surface area contributed by atoms with Crippen molar-refractivity contribution in [3.63, 3.8) is 0 Å². The van der Waals surface area contributed by atoms with Gasteiger partial charge in [-0.15, -0.1) is 0 Å². The first kappa shape index (κ1) is 22.3. The molecule has 146 valence electrons. The third-order valence-electron chi connectivity index (χ3n) is 3.46. The Labute approximate surface area is 177 Å². The number of hydrogen-bond donors (Lipinski definition) is 1. The van der Waals surface area contributed by atoms with Crippen LogP contribution >= 0.6 is 46.6 Å². The minimum atomic E-state index is -3.77. The number of carbonyl (C=O) groups excluding carboxylic acids is 1. The molecule has 1 N–H and O–H groups in total. The number of ether oxygens (including phenoxy) is 1. The average molecular weight is 469 g/mol. The first-order chi connectivity index (χ1) is 12.7. The van der Waals surface area contributed by atoms with Gasteiger partial charge in [-0.25, -0.2) is 17.9 Å². The van der Waals surface area contributed by atoms with E-state index in [0.29, 0.717) is 21.6 Å². The van der Waals surface area contributed by atoms with E-state index in [1.165, 1.54) is 37.1 Å². The summed E-state index contributed by atoms with van der Waals surface area (Å²) in [6.45, 7) is 0.217. The quantitative estimate of drug-likeness (QED) is 0.451. The van der Waals surface area contributed by atoms with Crippen molar-refractivity contribution < 1.29 is 17.9 Å². The molecule has 0 saturated heterocycles. The van der Waals surface area contributed by atoms with E-state index in [1.54, 1.807) is 12.1 Å². The van der Waals surface area contributed by atoms with Gasteiger partial charge in [0.05, 0.1) is 22.6 Å². The molecule has 0 aromatic heterocycles. The SMILES string of the molecule is COC(=O)c1cc(S(=O)(=O)NCCSCc2ccc(Cl)cc2Cl)ccc1Cl. The summed E-state index contributed by atoms with van der Waals surface area (Å²) < 4.78 is 31.8. The minimum Gasteiger partial charge on any atom is -0.465 e. The molecule has 5 nitrogen and oxygen atoms in total. The Morgan fingerprint density at radius 1 is 1.11 bits per heavy atom. The van der Waals surface area contributed by atoms with Crippen LogP contribution in [-0.2, 0) is 20.5 Å². The molecule has 0 unspecified atom stereocenters. The van der Waals surface area contributed by atoms with E-state index in [0.717, 1.165) is 5.56 Å². The third kappa shape index (κ3) is 6.27. The maximum Gasteiger partial charge on any atom is 0.339 e. The van der Waals surface area contributed by atoms with Crippen LogP contribution in [0, 0.1) is 0 Å². The first-order valence-corrected chi connectivity index (χ1v) is 11.4. The molecule has 0 radical (unpaired) electrons. The van der Waals surface area contributed by atoms with Crippen LogP contribution in [0.5, 0.6) is 0 Å². The highest BCUT2D eigenvalue weighted by Gasteiger charge is 2.18. The van der Waals surface area contributed by atoms with Gasteiger partial charge in [0.15, 0.2) is 0 Å². The Hall–Kier alpha value is -0.960. The number of esters is 1. The van der Waals surface area contributed by atoms with Crippen LogP contribution in [0.15, 0.2) is 41.3 Å². The molecular weight excluding hydrogens is 453 g/mol. The molecule has 0 atom stereocenters. The molecule has 0 aliphatic heterocycles. The monoisotopic (exact) mass is 467 g/mol. The van der Waals surface area contributed by atoms with Gasteiger partial charge in [-0.1, -0.05) is 40.9 Å². The van der Waals surface area contributed by atoms with Crippen LogP contribution < -0.4 is 4.72 Å². The topological polar surface area (TPSA) is 72.5 Å². The zero-order valence-corrected chi connectivity index (χ0v) is 18.1. The van der Waals surface area contributed by atoms with E-state index in [2.05, 4.69) is 9.46 Å². The summed E-state index contributed by atoms with van der Waals surface area (Å²) in [6, 6.07) is 9.13. The summed E-state index contributed by atoms with van der Waals surface area (Å²) in [5.74, 6) is 0.466. The molecule has 2 aromatic rings. The number of nitrogens with one attached hydrogen (secondary N) is 1. The summed E-state index contributed by atoms with van der Waals surface area (Å²) in [7, 11) is -2.58. The Bertz CT molecular complexity index is 936. The van der Waals surface area contributed by atoms with Crippen LogP contribution in [0.25, 0.3) is 0 Å². The highest BCUT2D eigenvalue weighted by Crippen LogP contribution is 2.25. The minimum absolute atomic E-state index is 0.00574. The second kappa shape index (κ2) is 10.0. The Morgan fingerprint density at radius 3 is 2.52 bits per heavy atom. The summed E-state index contributed by atoms with van der Waals surface area (Å²) in [5.41, 5.74) is 0.920. The van der Waals surface area contributed by atoms with Gasteiger partial charge in [0.2, 0.25) is 10.0 Å². The normalized spacial score (nSPS) is 11.4. The molecule has 27 heavy (non-hydrogen) atoms. The van der Waals surface area contributed by atoms with Gasteiger partial charge in [0, 0.05) is 28.1 Å². The van der Waals surface area contributed by atoms with Crippen molar-refractivity contribution >= 4 is 62.6 Å². The molecule has 0 fully saturated rings. The predicted molar refractivity (Wildman–Crippen MR) is 111 cm³/mol. The number of thioether (sulfide) groups is 1. The predicted octanol–water partition coefficient (Wildman–Crippen LogP) is 4.65. The van der Waals surface area contributed by atoms with E-state index in [-0.39, 0.29) is 22.0 Å². The molecule has 0 spiro atoms. The standard InChI is InChI=1S/C17H16Cl3NO4S2/c1-25-17(22)14-9-13(4-5-15(14)19)27(23,24)21-6-7-26-10-11-2-3-12(18)8-16(11)20/h2-5,8-9,21H,6-7,10H2,1H3. The lowest BCUT2D eigenvalue weighted by atomic mass is 10.2. The Morgan fingerprint density at radius 2 is 1.85 bits per heavy atom. The summed E-state index contributed by atoms with van der Waals surface area (Å²) in [5, 5.41) is 1.26. The molecule has 2 aromatic carbocycles. The van der Waals surface area contributed by atoms with Crippen molar-refractivity contribution in [2.75, 3.05) is 19.4 Å². The second-order valence-electron chi connectivity index (χ2n) is 5.32. The molecule has 0 saturated carbocycles. The fourth-order valence-electron chi connectivity index (χ4n) is 2.09. The smallest absolute Gasteiger partial charge is 0.339 e. The first-order valence-electron chi connectivity index (χ1n) is 7.64. The molecule has 2 rings (SSSR count). The molecule has 0 amide bonds. The van der Waals surface area contributed by atoms with Crippen LogP contribution in [0.3, 0.4) is 0 Å². The zero-order valence-electron chi connectivity index (χ0n) is 14.2. The number of rotatable bonds is 8. The molecule has 0 heterocycles. The maximum absolute atomic E-state index is 12.4. The van der Waals surface area contributed by atoms with E-state index >= 15 is 0 Å². The van der Waals surface area contributed by atoms with Gasteiger partial charge in [0.1, 0.15) is 0 Å². The van der Waals surface area contributed by atoms with Crippen LogP contribution in [0.4, 0.5) is 0 Å². The molecule has 0 bridgehead atoms. The van der Waals surface area contributed by atoms with Gasteiger partial charge < -0.3 is 4.74 Å². The van der Waals surface area contributed by atoms with Crippen molar-refractivity contribution in [1.29, 1.82) is 0 Å². The van der Waals surface area contributed by atoms with E-state index in [4.69, 9.17) is 34.8 Å². The van der Waals surface area contributed by atoms with Crippen molar-refractivity contribution in [1.82, 2.24) is 4.72 Å². The number of halogens is 3. The zero-order chi connectivity index (χ0) is 20.0. The van der Waals surface area contributed by atoms with Gasteiger partial charge in [0.25, 0.3) is 0 Å². The maximum atomic E-state index is 12.4. The van der Waals surface area contributed by atoms with Crippen LogP contribution in [0.2, 0.25) is 15.1 Å². The van der Waals surface area contributed by atoms with Crippen LogP contribution in [0.1, 0.15) is 15.9 Å². The van der Waals surface area contributed by atoms with Crippen molar-refractivity contribution in [2.24, 2.45) is 0 Å². The number of sulfonamides is 1. The Balaban J connectivity index is 1.92. The van der Waals surface area contributed by atoms with Gasteiger partial charge in [-0.05, 0) is 35.9 Å². The number of methoxy groups -OCH3 is 1. The molecule has 0 aliphatic carbocycles. The highest BCUT2D eigenvalue weighted by molar-refractivity contribution is 7.98. The fourth-order valence-corrected chi connectivity index (χ4v) is 4.89. The van der Waals surface area contributed by atoms with Gasteiger partial charge >= 0.3 is 5.97 Å². The summed E-state index contributed by atoms with van der Waals surface area (Å²) in [6.07, 6.45) is 0. The lowest BCUT2D eigenvalue weighted by Gasteiger charge is -2.09. The molecule has 10 heteroatoms. The molecule has 0 aliphatic rings. The number of benzene rings is 2. The fraction of sp³-hybridized carbons (Fsp3) is 0.235. The van der Waals surface area contributed by atoms with E-state index < -0.39 is 16.0 Å². The highest BCUT2D eigenvalue weighted by atomic mass is 35.5. The summed E-state index contributed by atoms with van der Waals surface area (Å²) in [4.78, 5) is 11.6. The number of carbonyl (C=O) groups is 1. The van der Waals surface area contributed by atoms with Crippen LogP contribution in [-0.4, -0.2) is 33.8 Å².